The molecule has 1 aromatic heterocycles. The summed E-state index contributed by atoms with van der Waals surface area (Å²) in [5, 5.41) is 8.63. The summed E-state index contributed by atoms with van der Waals surface area (Å²) in [4.78, 5) is 13.9. The molecule has 0 atom stereocenters. The maximum atomic E-state index is 10.2. The summed E-state index contributed by atoms with van der Waals surface area (Å²) in [5.74, 6) is -1.03. The predicted octanol–water partition coefficient (Wildman–Crippen LogP) is 1.42. The first-order valence-corrected chi connectivity index (χ1v) is 3.79. The van der Waals surface area contributed by atoms with Gasteiger partial charge in [0, 0.05) is 23.5 Å². The average molecular weight is 199 g/mol. The molecule has 0 saturated heterocycles. The Hall–Kier alpha value is -1.55. The van der Waals surface area contributed by atoms with Crippen molar-refractivity contribution in [3.8, 4) is 0 Å². The molecule has 0 amide bonds. The number of halogens is 1. The first kappa shape index (κ1) is 9.54. The van der Waals surface area contributed by atoms with Crippen molar-refractivity contribution < 1.29 is 9.90 Å². The number of hydrogen-bond acceptors (Lipinski definition) is 3. The quantitative estimate of drug-likeness (QED) is 0.557. The maximum absolute atomic E-state index is 10.2. The van der Waals surface area contributed by atoms with E-state index in [0.29, 0.717) is 11.3 Å². The van der Waals surface area contributed by atoms with Gasteiger partial charge in [-0.05, 0) is 12.1 Å². The third-order valence-corrected chi connectivity index (χ3v) is 1.55. The molecule has 0 aliphatic carbocycles. The summed E-state index contributed by atoms with van der Waals surface area (Å²) >= 11 is 5.55. The molecule has 13 heavy (non-hydrogen) atoms. The Kier molecular flexibility index (Phi) is 2.87. The monoisotopic (exact) mass is 198 g/mol. The van der Waals surface area contributed by atoms with Crippen LogP contribution in [0.5, 0.6) is 0 Å². The van der Waals surface area contributed by atoms with E-state index in [4.69, 9.17) is 22.4 Å². The molecule has 5 heteroatoms. The molecule has 0 radical (unpaired) electrons. The SMILES string of the molecule is Nc1cc(Cl)ncc1/C=C/C(=O)O. The summed E-state index contributed by atoms with van der Waals surface area (Å²) in [5.41, 5.74) is 6.47. The average Bonchev–Trinajstić information content (AvgIpc) is 2.02. The number of nitrogen functional groups attached to an aromatic ring is 1. The summed E-state index contributed by atoms with van der Waals surface area (Å²) in [6, 6.07) is 1.46. The lowest BCUT2D eigenvalue weighted by Crippen LogP contribution is -1.92. The normalized spacial score (nSPS) is 10.5. The number of carbonyl (C=O) groups is 1. The van der Waals surface area contributed by atoms with E-state index in [2.05, 4.69) is 4.98 Å². The Morgan fingerprint density at radius 2 is 2.38 bits per heavy atom. The summed E-state index contributed by atoms with van der Waals surface area (Å²) in [7, 11) is 0. The molecule has 68 valence electrons. The second kappa shape index (κ2) is 3.91. The van der Waals surface area contributed by atoms with Crippen molar-refractivity contribution in [3.05, 3.63) is 29.1 Å². The highest BCUT2D eigenvalue weighted by Gasteiger charge is 1.97. The molecule has 0 fully saturated rings. The standard InChI is InChI=1S/C8H7ClN2O2/c9-7-3-6(10)5(4-11-7)1-2-8(12)13/h1-4H,(H2,10,11)(H,12,13)/b2-1+. The number of anilines is 1. The Morgan fingerprint density at radius 1 is 1.69 bits per heavy atom. The van der Waals surface area contributed by atoms with Crippen molar-refractivity contribution in [1.29, 1.82) is 0 Å². The molecule has 0 spiro atoms. The van der Waals surface area contributed by atoms with Crippen LogP contribution in [-0.2, 0) is 4.79 Å². The van der Waals surface area contributed by atoms with Crippen molar-refractivity contribution in [2.45, 2.75) is 0 Å². The second-order valence-electron chi connectivity index (χ2n) is 2.31. The molecule has 0 aromatic carbocycles. The van der Waals surface area contributed by atoms with Crippen LogP contribution in [0.3, 0.4) is 0 Å². The highest BCUT2D eigenvalue weighted by Crippen LogP contribution is 2.15. The third kappa shape index (κ3) is 2.76. The van der Waals surface area contributed by atoms with Crippen LogP contribution in [0.2, 0.25) is 5.15 Å². The molecule has 0 aliphatic heterocycles. The van der Waals surface area contributed by atoms with Gasteiger partial charge in [0.05, 0.1) is 0 Å². The van der Waals surface area contributed by atoms with Crippen LogP contribution in [0.25, 0.3) is 6.08 Å². The van der Waals surface area contributed by atoms with E-state index in [1.807, 2.05) is 0 Å². The number of carboxylic acid groups (broad SMARTS) is 1. The predicted molar refractivity (Wildman–Crippen MR) is 50.3 cm³/mol. The molecule has 3 N–H and O–H groups in total. The molecule has 1 rings (SSSR count). The zero-order valence-electron chi connectivity index (χ0n) is 6.57. The van der Waals surface area contributed by atoms with E-state index in [1.54, 1.807) is 0 Å². The van der Waals surface area contributed by atoms with Gasteiger partial charge in [0.2, 0.25) is 0 Å². The van der Waals surface area contributed by atoms with Gasteiger partial charge in [0.15, 0.2) is 0 Å². The topological polar surface area (TPSA) is 76.2 Å². The number of hydrogen-bond donors (Lipinski definition) is 2. The fourth-order valence-corrected chi connectivity index (χ4v) is 0.921. The van der Waals surface area contributed by atoms with E-state index in [1.165, 1.54) is 18.3 Å². The van der Waals surface area contributed by atoms with Gasteiger partial charge in [0.1, 0.15) is 5.15 Å². The van der Waals surface area contributed by atoms with Gasteiger partial charge < -0.3 is 10.8 Å². The first-order chi connectivity index (χ1) is 6.09. The Balaban J connectivity index is 2.96. The first-order valence-electron chi connectivity index (χ1n) is 3.41. The number of nitrogens with zero attached hydrogens (tertiary/aromatic N) is 1. The van der Waals surface area contributed by atoms with E-state index in [-0.39, 0.29) is 5.15 Å². The highest BCUT2D eigenvalue weighted by molar-refractivity contribution is 6.29. The van der Waals surface area contributed by atoms with Gasteiger partial charge in [-0.15, -0.1) is 0 Å². The summed E-state index contributed by atoms with van der Waals surface area (Å²) in [6.07, 6.45) is 3.76. The zero-order valence-corrected chi connectivity index (χ0v) is 7.32. The van der Waals surface area contributed by atoms with E-state index >= 15 is 0 Å². The summed E-state index contributed by atoms with van der Waals surface area (Å²) in [6.45, 7) is 0. The van der Waals surface area contributed by atoms with Crippen molar-refractivity contribution in [1.82, 2.24) is 4.98 Å². The van der Waals surface area contributed by atoms with Crippen LogP contribution in [0.15, 0.2) is 18.3 Å². The van der Waals surface area contributed by atoms with Crippen LogP contribution >= 0.6 is 11.6 Å². The largest absolute Gasteiger partial charge is 0.478 e. The minimum Gasteiger partial charge on any atom is -0.478 e. The summed E-state index contributed by atoms with van der Waals surface area (Å²) < 4.78 is 0. The molecular weight excluding hydrogens is 192 g/mol. The van der Waals surface area contributed by atoms with Gasteiger partial charge in [-0.2, -0.15) is 0 Å². The second-order valence-corrected chi connectivity index (χ2v) is 2.69. The maximum Gasteiger partial charge on any atom is 0.328 e. The van der Waals surface area contributed by atoms with Crippen molar-refractivity contribution in [3.63, 3.8) is 0 Å². The number of pyridine rings is 1. The minimum atomic E-state index is -1.03. The van der Waals surface area contributed by atoms with Crippen LogP contribution in [-0.4, -0.2) is 16.1 Å². The lowest BCUT2D eigenvalue weighted by Gasteiger charge is -1.98. The van der Waals surface area contributed by atoms with Crippen LogP contribution in [0.4, 0.5) is 5.69 Å². The lowest BCUT2D eigenvalue weighted by atomic mass is 10.2. The van der Waals surface area contributed by atoms with Crippen molar-refractivity contribution >= 4 is 29.3 Å². The Morgan fingerprint density at radius 3 is 2.92 bits per heavy atom. The molecule has 0 aliphatic rings. The molecule has 4 nitrogen and oxygen atoms in total. The van der Waals surface area contributed by atoms with Crippen molar-refractivity contribution in [2.24, 2.45) is 0 Å². The van der Waals surface area contributed by atoms with Crippen molar-refractivity contribution in [2.75, 3.05) is 5.73 Å². The van der Waals surface area contributed by atoms with Crippen LogP contribution in [0.1, 0.15) is 5.56 Å². The van der Waals surface area contributed by atoms with E-state index in [9.17, 15) is 4.79 Å². The third-order valence-electron chi connectivity index (χ3n) is 1.34. The van der Waals surface area contributed by atoms with E-state index < -0.39 is 5.97 Å². The molecular formula is C8H7ClN2O2. The number of aliphatic carboxylic acids is 1. The fourth-order valence-electron chi connectivity index (χ4n) is 0.755. The van der Waals surface area contributed by atoms with Gasteiger partial charge in [-0.25, -0.2) is 9.78 Å². The van der Waals surface area contributed by atoms with Gasteiger partial charge in [-0.1, -0.05) is 11.6 Å². The fraction of sp³-hybridized carbons (Fsp3) is 0. The van der Waals surface area contributed by atoms with Crippen LogP contribution in [0, 0.1) is 0 Å². The Labute approximate surface area is 79.7 Å². The molecule has 0 unspecified atom stereocenters. The van der Waals surface area contributed by atoms with Gasteiger partial charge >= 0.3 is 5.97 Å². The molecule has 1 aromatic rings. The van der Waals surface area contributed by atoms with Crippen LogP contribution < -0.4 is 5.73 Å². The van der Waals surface area contributed by atoms with Gasteiger partial charge in [0.25, 0.3) is 0 Å². The smallest absolute Gasteiger partial charge is 0.328 e. The Bertz CT molecular complexity index is 363. The van der Waals surface area contributed by atoms with E-state index in [0.717, 1.165) is 6.08 Å². The number of carboxylic acids is 1. The lowest BCUT2D eigenvalue weighted by molar-refractivity contribution is -0.131. The zero-order chi connectivity index (χ0) is 9.84. The van der Waals surface area contributed by atoms with Gasteiger partial charge in [-0.3, -0.25) is 0 Å². The number of aromatic nitrogens is 1. The number of nitrogens with two attached hydrogens (primary N) is 1. The molecule has 1 heterocycles. The molecule has 0 saturated carbocycles. The highest BCUT2D eigenvalue weighted by atomic mass is 35.5. The minimum absolute atomic E-state index is 0.282. The molecule has 0 bridgehead atoms. The number of rotatable bonds is 2.